The molecule has 236 valence electrons. The number of hydrogen-bond acceptors (Lipinski definition) is 9. The highest BCUT2D eigenvalue weighted by Crippen LogP contribution is 2.60. The van der Waals surface area contributed by atoms with Crippen molar-refractivity contribution in [1.82, 2.24) is 24.5 Å². The minimum Gasteiger partial charge on any atom is -0.477 e. The van der Waals surface area contributed by atoms with Crippen molar-refractivity contribution < 1.29 is 31.1 Å². The van der Waals surface area contributed by atoms with Gasteiger partial charge in [0.15, 0.2) is 10.8 Å². The quantitative estimate of drug-likeness (QED) is 0.371. The van der Waals surface area contributed by atoms with Gasteiger partial charge in [-0.3, -0.25) is 4.79 Å². The molecule has 1 amide bonds. The van der Waals surface area contributed by atoms with Crippen LogP contribution in [-0.4, -0.2) is 65.5 Å². The number of pyridine rings is 2. The van der Waals surface area contributed by atoms with E-state index >= 15 is 0 Å². The average molecular weight is 634 g/mol. The van der Waals surface area contributed by atoms with Crippen LogP contribution in [-0.2, 0) is 10.0 Å². The fourth-order valence-electron chi connectivity index (χ4n) is 6.12. The molecule has 3 aliphatic rings. The number of carbonyl (C=O) groups excluding carboxylic acids is 1. The van der Waals surface area contributed by atoms with E-state index < -0.39 is 33.1 Å². The van der Waals surface area contributed by atoms with Gasteiger partial charge < -0.3 is 15.0 Å². The molecule has 3 aromatic rings. The highest BCUT2D eigenvalue weighted by molar-refractivity contribution is 7.90. The smallest absolute Gasteiger partial charge is 0.394 e. The van der Waals surface area contributed by atoms with E-state index in [1.165, 1.54) is 16.8 Å². The molecule has 1 atom stereocenters. The van der Waals surface area contributed by atoms with Crippen LogP contribution in [0.2, 0.25) is 0 Å². The van der Waals surface area contributed by atoms with Crippen molar-refractivity contribution in [2.75, 3.05) is 29.9 Å². The van der Waals surface area contributed by atoms with Crippen LogP contribution in [0.1, 0.15) is 62.7 Å². The van der Waals surface area contributed by atoms with Crippen LogP contribution < -0.4 is 19.7 Å². The lowest BCUT2D eigenvalue weighted by Gasteiger charge is -2.34. The summed E-state index contributed by atoms with van der Waals surface area (Å²) in [7, 11) is -4.28. The second-order valence-corrected chi connectivity index (χ2v) is 14.0. The normalized spacial score (nSPS) is 21.9. The summed E-state index contributed by atoms with van der Waals surface area (Å²) in [5, 5.41) is 7.29. The molecule has 4 bridgehead atoms. The Morgan fingerprint density at radius 1 is 1.11 bits per heavy atom. The second kappa shape index (κ2) is 10.9. The lowest BCUT2D eigenvalue weighted by molar-refractivity contribution is -0.189. The number of nitrogens with one attached hydrogen (secondary N) is 2. The van der Waals surface area contributed by atoms with Gasteiger partial charge in [0.05, 0.1) is 17.6 Å². The van der Waals surface area contributed by atoms with Gasteiger partial charge >= 0.3 is 6.18 Å². The van der Waals surface area contributed by atoms with Gasteiger partial charge in [-0.05, 0) is 82.6 Å². The number of fused-ring (bicyclic) bond motifs is 6. The van der Waals surface area contributed by atoms with Gasteiger partial charge in [-0.1, -0.05) is 6.07 Å². The number of alkyl halides is 3. The van der Waals surface area contributed by atoms with E-state index in [1.54, 1.807) is 30.5 Å². The fourth-order valence-corrected chi connectivity index (χ4v) is 7.06. The maximum absolute atomic E-state index is 13.5. The zero-order chi connectivity index (χ0) is 31.3. The third-order valence-corrected chi connectivity index (χ3v) is 9.94. The van der Waals surface area contributed by atoms with Crippen molar-refractivity contribution in [3.8, 4) is 11.7 Å². The fraction of sp³-hybridized carbons (Fsp3) is 0.517. The first-order valence-electron chi connectivity index (χ1n) is 14.6. The first-order valence-corrected chi connectivity index (χ1v) is 16.1. The van der Waals surface area contributed by atoms with Crippen LogP contribution in [0.15, 0.2) is 47.6 Å². The van der Waals surface area contributed by atoms with E-state index in [0.717, 1.165) is 12.8 Å². The van der Waals surface area contributed by atoms with Gasteiger partial charge in [0.25, 0.3) is 15.9 Å². The third kappa shape index (κ3) is 5.93. The number of anilines is 2. The Labute approximate surface area is 253 Å². The van der Waals surface area contributed by atoms with Gasteiger partial charge in [0.2, 0.25) is 5.88 Å². The topological polar surface area (TPSA) is 131 Å². The molecule has 6 rings (SSSR count). The first kappa shape index (κ1) is 30.2. The van der Waals surface area contributed by atoms with E-state index in [1.807, 2.05) is 4.90 Å². The zero-order valence-corrected chi connectivity index (χ0v) is 25.2. The van der Waals surface area contributed by atoms with E-state index in [2.05, 4.69) is 34.0 Å². The SMILES string of the molecule is CC1(C)C[C@H]2CCNc3cccc(n3)S(=O)(=O)NC(=O)c3ccc(-n4ccc(OCCCC5(C(F)(F)F)CC5)n4)nc3N1C2. The summed E-state index contributed by atoms with van der Waals surface area (Å²) < 4.78 is 75.0. The Kier molecular flexibility index (Phi) is 7.49. The predicted octanol–water partition coefficient (Wildman–Crippen LogP) is 4.70. The van der Waals surface area contributed by atoms with Crippen molar-refractivity contribution in [3.05, 3.63) is 48.2 Å². The average Bonchev–Trinajstić information content (AvgIpc) is 3.51. The number of hydrogen-bond donors (Lipinski definition) is 2. The molecule has 0 aromatic carbocycles. The Morgan fingerprint density at radius 2 is 1.91 bits per heavy atom. The van der Waals surface area contributed by atoms with E-state index in [0.29, 0.717) is 30.5 Å². The minimum absolute atomic E-state index is 0.0194. The van der Waals surface area contributed by atoms with E-state index in [9.17, 15) is 26.4 Å². The number of rotatable bonds is 6. The van der Waals surface area contributed by atoms with Crippen molar-refractivity contribution in [2.45, 2.75) is 69.1 Å². The Morgan fingerprint density at radius 3 is 2.66 bits per heavy atom. The van der Waals surface area contributed by atoms with Gasteiger partial charge in [0, 0.05) is 30.9 Å². The molecule has 0 unspecified atom stereocenters. The van der Waals surface area contributed by atoms with Crippen molar-refractivity contribution in [1.29, 1.82) is 0 Å². The summed E-state index contributed by atoms with van der Waals surface area (Å²) in [5.41, 5.74) is -1.88. The molecule has 0 radical (unpaired) electrons. The zero-order valence-electron chi connectivity index (χ0n) is 24.4. The summed E-state index contributed by atoms with van der Waals surface area (Å²) in [4.78, 5) is 24.5. The molecule has 3 aromatic heterocycles. The number of aromatic nitrogens is 4. The summed E-state index contributed by atoms with van der Waals surface area (Å²) in [6.45, 7) is 5.39. The number of ether oxygens (including phenoxy) is 1. The minimum atomic E-state index is -4.28. The lowest BCUT2D eigenvalue weighted by atomic mass is 9.94. The molecule has 11 nitrogen and oxygen atoms in total. The molecule has 2 aliphatic heterocycles. The molecule has 1 saturated heterocycles. The molecular formula is C29H34F3N7O4S. The van der Waals surface area contributed by atoms with Crippen LogP contribution >= 0.6 is 0 Å². The summed E-state index contributed by atoms with van der Waals surface area (Å²) in [6.07, 6.45) is -0.370. The maximum atomic E-state index is 13.5. The first-order chi connectivity index (χ1) is 20.8. The summed E-state index contributed by atoms with van der Waals surface area (Å²) in [6, 6.07) is 9.22. The molecule has 15 heteroatoms. The van der Waals surface area contributed by atoms with Crippen molar-refractivity contribution >= 4 is 27.6 Å². The molecule has 5 heterocycles. The van der Waals surface area contributed by atoms with Crippen LogP contribution in [0.5, 0.6) is 5.88 Å². The van der Waals surface area contributed by atoms with Crippen molar-refractivity contribution in [2.24, 2.45) is 11.3 Å². The van der Waals surface area contributed by atoms with Gasteiger partial charge in [-0.2, -0.15) is 21.6 Å². The molecule has 2 N–H and O–H groups in total. The van der Waals surface area contributed by atoms with Crippen LogP contribution in [0.25, 0.3) is 5.82 Å². The van der Waals surface area contributed by atoms with Gasteiger partial charge in [-0.15, -0.1) is 5.10 Å². The van der Waals surface area contributed by atoms with Crippen LogP contribution in [0.4, 0.5) is 24.8 Å². The largest absolute Gasteiger partial charge is 0.477 e. The maximum Gasteiger partial charge on any atom is 0.394 e. The number of sulfonamides is 1. The molecular weight excluding hydrogens is 599 g/mol. The monoisotopic (exact) mass is 633 g/mol. The molecule has 0 spiro atoms. The van der Waals surface area contributed by atoms with Gasteiger partial charge in [0.1, 0.15) is 11.6 Å². The van der Waals surface area contributed by atoms with E-state index in [4.69, 9.17) is 9.72 Å². The third-order valence-electron chi connectivity index (χ3n) is 8.71. The van der Waals surface area contributed by atoms with Crippen LogP contribution in [0.3, 0.4) is 0 Å². The standard InChI is InChI=1S/C29H34F3N7O4S/c1-27(2)17-19-9-14-33-21-5-3-6-24(34-21)44(41,42)37-26(40)20-7-8-22(35-25(20)38(27)18-19)39-15-10-23(36-39)43-16-4-11-28(12-13-28)29(30,31)32/h3,5-8,10,15,19H,4,9,11-14,16-18H2,1-2H3,(H,33,34)(H,37,40)/t19-/m1/s1. The second-order valence-electron chi connectivity index (χ2n) is 12.4. The Balaban J connectivity index is 1.26. The van der Waals surface area contributed by atoms with Crippen molar-refractivity contribution in [3.63, 3.8) is 0 Å². The molecule has 1 aliphatic carbocycles. The number of carbonyl (C=O) groups is 1. The number of amides is 1. The Hall–Kier alpha value is -3.88. The highest BCUT2D eigenvalue weighted by atomic mass is 32.2. The van der Waals surface area contributed by atoms with Gasteiger partial charge in [-0.25, -0.2) is 19.4 Å². The molecule has 2 fully saturated rings. The molecule has 44 heavy (non-hydrogen) atoms. The predicted molar refractivity (Wildman–Crippen MR) is 155 cm³/mol. The number of halogens is 3. The van der Waals surface area contributed by atoms with Crippen LogP contribution in [0, 0.1) is 11.3 Å². The highest BCUT2D eigenvalue weighted by Gasteiger charge is 2.62. The van der Waals surface area contributed by atoms with E-state index in [-0.39, 0.29) is 54.7 Å². The molecule has 1 saturated carbocycles. The lowest BCUT2D eigenvalue weighted by Crippen LogP contribution is -2.41. The summed E-state index contributed by atoms with van der Waals surface area (Å²) >= 11 is 0. The summed E-state index contributed by atoms with van der Waals surface area (Å²) in [5.74, 6) is 0.747. The Bertz CT molecular complexity index is 1670. The number of nitrogens with zero attached hydrogens (tertiary/aromatic N) is 5.